The molecular formula is C18H36N4. The molecule has 4 nitrogen and oxygen atoms in total. The summed E-state index contributed by atoms with van der Waals surface area (Å²) in [7, 11) is 0. The molecule has 0 radical (unpaired) electrons. The van der Waals surface area contributed by atoms with Gasteiger partial charge < -0.3 is 10.2 Å². The molecule has 3 heterocycles. The highest BCUT2D eigenvalue weighted by Crippen LogP contribution is 2.26. The summed E-state index contributed by atoms with van der Waals surface area (Å²) in [6, 6.07) is 1.59. The maximum atomic E-state index is 3.53. The summed E-state index contributed by atoms with van der Waals surface area (Å²) in [5, 5.41) is 3.53. The van der Waals surface area contributed by atoms with Gasteiger partial charge in [0, 0.05) is 64.4 Å². The van der Waals surface area contributed by atoms with Crippen LogP contribution in [0.5, 0.6) is 0 Å². The maximum Gasteiger partial charge on any atom is 0.0115 e. The molecule has 3 rings (SSSR count). The lowest BCUT2D eigenvalue weighted by molar-refractivity contribution is 0.0849. The van der Waals surface area contributed by atoms with Crippen LogP contribution < -0.4 is 5.32 Å². The van der Waals surface area contributed by atoms with E-state index < -0.39 is 0 Å². The first-order chi connectivity index (χ1) is 10.6. The molecule has 4 heteroatoms. The predicted octanol–water partition coefficient (Wildman–Crippen LogP) is 1.48. The molecule has 3 fully saturated rings. The third-order valence-corrected chi connectivity index (χ3v) is 6.34. The third-order valence-electron chi connectivity index (χ3n) is 6.34. The molecule has 3 aliphatic rings. The van der Waals surface area contributed by atoms with Crippen LogP contribution in [0.25, 0.3) is 0 Å². The summed E-state index contributed by atoms with van der Waals surface area (Å²) >= 11 is 0. The zero-order valence-electron chi connectivity index (χ0n) is 15.0. The molecule has 1 N–H and O–H groups in total. The second-order valence-corrected chi connectivity index (χ2v) is 8.37. The molecule has 0 spiro atoms. The Labute approximate surface area is 137 Å². The molecule has 3 saturated heterocycles. The molecule has 0 saturated carbocycles. The Kier molecular flexibility index (Phi) is 5.43. The van der Waals surface area contributed by atoms with E-state index in [0.717, 1.165) is 12.1 Å². The molecule has 3 unspecified atom stereocenters. The Bertz CT molecular complexity index is 335. The van der Waals surface area contributed by atoms with Crippen molar-refractivity contribution in [2.75, 3.05) is 58.9 Å². The van der Waals surface area contributed by atoms with Gasteiger partial charge in [-0.1, -0.05) is 6.92 Å². The van der Waals surface area contributed by atoms with E-state index in [1.165, 1.54) is 78.2 Å². The lowest BCUT2D eigenvalue weighted by atomic mass is 9.89. The van der Waals surface area contributed by atoms with E-state index in [1.807, 2.05) is 0 Å². The van der Waals surface area contributed by atoms with Gasteiger partial charge in [-0.15, -0.1) is 0 Å². The van der Waals surface area contributed by atoms with Crippen LogP contribution in [0.3, 0.4) is 0 Å². The molecule has 3 aliphatic heterocycles. The first kappa shape index (κ1) is 16.7. The second-order valence-electron chi connectivity index (χ2n) is 8.37. The fraction of sp³-hybridized carbons (Fsp3) is 1.00. The molecule has 3 atom stereocenters. The summed E-state index contributed by atoms with van der Waals surface area (Å²) in [5.74, 6) is 0. The molecule has 0 bridgehead atoms. The van der Waals surface area contributed by atoms with Gasteiger partial charge in [-0.05, 0) is 45.1 Å². The molecule has 0 amide bonds. The lowest BCUT2D eigenvalue weighted by Gasteiger charge is -2.39. The number of hydrogen-bond acceptors (Lipinski definition) is 4. The van der Waals surface area contributed by atoms with E-state index in [-0.39, 0.29) is 0 Å². The van der Waals surface area contributed by atoms with Crippen molar-refractivity contribution in [1.29, 1.82) is 0 Å². The molecule has 0 aliphatic carbocycles. The molecule has 22 heavy (non-hydrogen) atoms. The highest BCUT2D eigenvalue weighted by molar-refractivity contribution is 4.88. The fourth-order valence-corrected chi connectivity index (χ4v) is 4.66. The van der Waals surface area contributed by atoms with Crippen molar-refractivity contribution in [3.63, 3.8) is 0 Å². The van der Waals surface area contributed by atoms with Crippen LogP contribution in [0.4, 0.5) is 0 Å². The SMILES string of the molecule is CC1CCC(C)N1CCN1CCN(CC2(C)CCNC2)CC1. The van der Waals surface area contributed by atoms with Gasteiger partial charge in [0.15, 0.2) is 0 Å². The van der Waals surface area contributed by atoms with Gasteiger partial charge in [-0.25, -0.2) is 0 Å². The van der Waals surface area contributed by atoms with Crippen molar-refractivity contribution in [2.24, 2.45) is 5.41 Å². The predicted molar refractivity (Wildman–Crippen MR) is 93.3 cm³/mol. The minimum absolute atomic E-state index is 0.516. The van der Waals surface area contributed by atoms with E-state index in [9.17, 15) is 0 Å². The highest BCUT2D eigenvalue weighted by Gasteiger charge is 2.32. The van der Waals surface area contributed by atoms with Gasteiger partial charge in [0.05, 0.1) is 0 Å². The number of rotatable bonds is 5. The van der Waals surface area contributed by atoms with E-state index in [4.69, 9.17) is 0 Å². The van der Waals surface area contributed by atoms with Crippen LogP contribution in [0.15, 0.2) is 0 Å². The van der Waals surface area contributed by atoms with Gasteiger partial charge in [0.2, 0.25) is 0 Å². The van der Waals surface area contributed by atoms with Crippen LogP contribution in [-0.2, 0) is 0 Å². The molecule has 0 aromatic heterocycles. The van der Waals surface area contributed by atoms with Crippen molar-refractivity contribution >= 4 is 0 Å². The van der Waals surface area contributed by atoms with Crippen molar-refractivity contribution in [3.05, 3.63) is 0 Å². The quantitative estimate of drug-likeness (QED) is 0.830. The highest BCUT2D eigenvalue weighted by atomic mass is 15.3. The molecule has 0 aromatic carbocycles. The van der Waals surface area contributed by atoms with Gasteiger partial charge in [0.1, 0.15) is 0 Å². The summed E-state index contributed by atoms with van der Waals surface area (Å²) in [4.78, 5) is 8.10. The summed E-state index contributed by atoms with van der Waals surface area (Å²) < 4.78 is 0. The monoisotopic (exact) mass is 308 g/mol. The average molecular weight is 309 g/mol. The molecular weight excluding hydrogens is 272 g/mol. The molecule has 0 aromatic rings. The van der Waals surface area contributed by atoms with E-state index in [0.29, 0.717) is 5.41 Å². The second kappa shape index (κ2) is 7.16. The summed E-state index contributed by atoms with van der Waals surface area (Å²) in [5.41, 5.74) is 0.516. The van der Waals surface area contributed by atoms with Gasteiger partial charge in [0.25, 0.3) is 0 Å². The van der Waals surface area contributed by atoms with Gasteiger partial charge >= 0.3 is 0 Å². The van der Waals surface area contributed by atoms with Crippen molar-refractivity contribution in [2.45, 2.75) is 52.1 Å². The van der Waals surface area contributed by atoms with Gasteiger partial charge in [-0.2, -0.15) is 0 Å². The normalized spacial score (nSPS) is 38.9. The Balaban J connectivity index is 1.37. The van der Waals surface area contributed by atoms with Gasteiger partial charge in [-0.3, -0.25) is 9.80 Å². The Hall–Kier alpha value is -0.160. The smallest absolute Gasteiger partial charge is 0.0115 e. The first-order valence-corrected chi connectivity index (χ1v) is 9.47. The standard InChI is InChI=1S/C18H36N4/c1-16-4-5-17(2)22(16)13-12-20-8-10-21(11-9-20)15-18(3)6-7-19-14-18/h16-17,19H,4-15H2,1-3H3. The van der Waals surface area contributed by atoms with Crippen LogP contribution in [-0.4, -0.2) is 85.7 Å². The lowest BCUT2D eigenvalue weighted by Crippen LogP contribution is -2.51. The van der Waals surface area contributed by atoms with E-state index in [2.05, 4.69) is 40.8 Å². The van der Waals surface area contributed by atoms with Crippen molar-refractivity contribution in [3.8, 4) is 0 Å². The number of hydrogen-bond donors (Lipinski definition) is 1. The summed E-state index contributed by atoms with van der Waals surface area (Å²) in [6.45, 7) is 18.5. The number of piperazine rings is 1. The van der Waals surface area contributed by atoms with Crippen molar-refractivity contribution < 1.29 is 0 Å². The topological polar surface area (TPSA) is 21.8 Å². The first-order valence-electron chi connectivity index (χ1n) is 9.47. The minimum atomic E-state index is 0.516. The Morgan fingerprint density at radius 3 is 2.18 bits per heavy atom. The number of nitrogens with zero attached hydrogens (tertiary/aromatic N) is 3. The van der Waals surface area contributed by atoms with E-state index >= 15 is 0 Å². The zero-order chi connectivity index (χ0) is 15.6. The van der Waals surface area contributed by atoms with E-state index in [1.54, 1.807) is 0 Å². The third kappa shape index (κ3) is 4.02. The zero-order valence-corrected chi connectivity index (χ0v) is 15.0. The largest absolute Gasteiger partial charge is 0.316 e. The Morgan fingerprint density at radius 2 is 1.59 bits per heavy atom. The number of nitrogens with one attached hydrogen (secondary N) is 1. The average Bonchev–Trinajstić information content (AvgIpc) is 3.06. The molecule has 128 valence electrons. The maximum absolute atomic E-state index is 3.53. The Morgan fingerprint density at radius 1 is 0.955 bits per heavy atom. The van der Waals surface area contributed by atoms with Crippen molar-refractivity contribution in [1.82, 2.24) is 20.0 Å². The van der Waals surface area contributed by atoms with Crippen LogP contribution >= 0.6 is 0 Å². The fourth-order valence-electron chi connectivity index (χ4n) is 4.66. The summed E-state index contributed by atoms with van der Waals surface area (Å²) in [6.07, 6.45) is 4.13. The van der Waals surface area contributed by atoms with Crippen LogP contribution in [0.2, 0.25) is 0 Å². The number of likely N-dealkylation sites (tertiary alicyclic amines) is 1. The van der Waals surface area contributed by atoms with Crippen LogP contribution in [0.1, 0.15) is 40.0 Å². The minimum Gasteiger partial charge on any atom is -0.316 e. The van der Waals surface area contributed by atoms with Crippen LogP contribution in [0, 0.1) is 5.41 Å².